The largest absolute Gasteiger partial charge is 0.497 e. The van der Waals surface area contributed by atoms with Gasteiger partial charge in [-0.15, -0.1) is 0 Å². The summed E-state index contributed by atoms with van der Waals surface area (Å²) >= 11 is 0. The summed E-state index contributed by atoms with van der Waals surface area (Å²) in [6, 6.07) is 16.7. The van der Waals surface area contributed by atoms with Gasteiger partial charge in [0.2, 0.25) is 0 Å². The number of para-hydroxylation sites is 2. The van der Waals surface area contributed by atoms with Crippen LogP contribution in [0, 0.1) is 0 Å². The molecular formula is C26H35N3O2. The van der Waals surface area contributed by atoms with Crippen molar-refractivity contribution in [3.05, 3.63) is 54.4 Å². The highest BCUT2D eigenvalue weighted by molar-refractivity contribution is 5.76. The Morgan fingerprint density at radius 1 is 0.903 bits per heavy atom. The van der Waals surface area contributed by atoms with Gasteiger partial charge in [-0.2, -0.15) is 0 Å². The van der Waals surface area contributed by atoms with Crippen LogP contribution < -0.4 is 9.47 Å². The quantitative estimate of drug-likeness (QED) is 0.407. The first kappa shape index (κ1) is 21.7. The van der Waals surface area contributed by atoms with E-state index in [1.807, 2.05) is 24.3 Å². The maximum absolute atomic E-state index is 5.91. The standard InChI is InChI=1S/C26H35N3O2/c1-21(28-17-7-3-4-8-18-28)26-27-24-11-5-6-12-25(24)29(26)19-9-10-20-31-23-15-13-22(30-2)14-16-23/h5-6,11-16,21H,3-4,7-10,17-20H2,1-2H3. The van der Waals surface area contributed by atoms with Crippen LogP contribution in [-0.2, 0) is 6.54 Å². The fourth-order valence-electron chi connectivity index (χ4n) is 4.53. The highest BCUT2D eigenvalue weighted by Crippen LogP contribution is 2.27. The number of imidazole rings is 1. The van der Waals surface area contributed by atoms with Crippen molar-refractivity contribution in [2.75, 3.05) is 26.8 Å². The van der Waals surface area contributed by atoms with E-state index in [1.54, 1.807) is 7.11 Å². The van der Waals surface area contributed by atoms with Crippen LogP contribution in [-0.4, -0.2) is 41.3 Å². The molecule has 4 rings (SSSR count). The first-order valence-corrected chi connectivity index (χ1v) is 11.7. The predicted octanol–water partition coefficient (Wildman–Crippen LogP) is 5.84. The molecule has 3 aromatic rings. The number of unbranched alkanes of at least 4 members (excludes halogenated alkanes) is 1. The Balaban J connectivity index is 1.39. The van der Waals surface area contributed by atoms with Crippen molar-refractivity contribution in [2.45, 2.75) is 58.0 Å². The van der Waals surface area contributed by atoms with Gasteiger partial charge in [-0.05, 0) is 82.1 Å². The smallest absolute Gasteiger partial charge is 0.127 e. The number of aromatic nitrogens is 2. The lowest BCUT2D eigenvalue weighted by molar-refractivity contribution is 0.207. The molecule has 166 valence electrons. The summed E-state index contributed by atoms with van der Waals surface area (Å²) in [6.07, 6.45) is 7.38. The van der Waals surface area contributed by atoms with Crippen LogP contribution in [0.4, 0.5) is 0 Å². The van der Waals surface area contributed by atoms with E-state index in [2.05, 4.69) is 40.7 Å². The van der Waals surface area contributed by atoms with Crippen molar-refractivity contribution >= 4 is 11.0 Å². The second-order valence-corrected chi connectivity index (χ2v) is 8.47. The topological polar surface area (TPSA) is 39.5 Å². The molecule has 31 heavy (non-hydrogen) atoms. The number of likely N-dealkylation sites (tertiary alicyclic amines) is 1. The zero-order chi connectivity index (χ0) is 21.5. The number of benzene rings is 2. The van der Waals surface area contributed by atoms with Crippen LogP contribution in [0.3, 0.4) is 0 Å². The van der Waals surface area contributed by atoms with E-state index in [0.717, 1.165) is 43.0 Å². The first-order chi connectivity index (χ1) is 15.3. The Kier molecular flexibility index (Phi) is 7.47. The Hall–Kier alpha value is -2.53. The zero-order valence-electron chi connectivity index (χ0n) is 18.9. The second kappa shape index (κ2) is 10.7. The van der Waals surface area contributed by atoms with E-state index >= 15 is 0 Å². The summed E-state index contributed by atoms with van der Waals surface area (Å²) in [5.74, 6) is 2.95. The molecule has 0 radical (unpaired) electrons. The number of rotatable bonds is 9. The number of nitrogens with zero attached hydrogens (tertiary/aromatic N) is 3. The van der Waals surface area contributed by atoms with Gasteiger partial charge < -0.3 is 14.0 Å². The average Bonchev–Trinajstić information content (AvgIpc) is 2.97. The molecule has 1 atom stereocenters. The Morgan fingerprint density at radius 3 is 2.35 bits per heavy atom. The van der Waals surface area contributed by atoms with E-state index in [1.165, 1.54) is 50.1 Å². The van der Waals surface area contributed by atoms with E-state index in [4.69, 9.17) is 14.5 Å². The lowest BCUT2D eigenvalue weighted by Gasteiger charge is -2.27. The molecule has 2 heterocycles. The van der Waals surface area contributed by atoms with Crippen LogP contribution in [0.2, 0.25) is 0 Å². The molecule has 1 fully saturated rings. The molecule has 0 N–H and O–H groups in total. The van der Waals surface area contributed by atoms with Crippen LogP contribution in [0.25, 0.3) is 11.0 Å². The highest BCUT2D eigenvalue weighted by Gasteiger charge is 2.23. The van der Waals surface area contributed by atoms with Gasteiger partial charge in [0.05, 0.1) is 30.8 Å². The van der Waals surface area contributed by atoms with Crippen LogP contribution in [0.15, 0.2) is 48.5 Å². The number of methoxy groups -OCH3 is 1. The van der Waals surface area contributed by atoms with Crippen LogP contribution in [0.1, 0.15) is 57.3 Å². The third-order valence-electron chi connectivity index (χ3n) is 6.35. The van der Waals surface area contributed by atoms with Gasteiger partial charge in [0.15, 0.2) is 0 Å². The van der Waals surface area contributed by atoms with E-state index < -0.39 is 0 Å². The molecule has 1 aromatic heterocycles. The third kappa shape index (κ3) is 5.40. The van der Waals surface area contributed by atoms with E-state index in [-0.39, 0.29) is 0 Å². The SMILES string of the molecule is COc1ccc(OCCCCn2c(C(C)N3CCCCCC3)nc3ccccc32)cc1. The van der Waals surface area contributed by atoms with Crippen molar-refractivity contribution in [3.63, 3.8) is 0 Å². The summed E-state index contributed by atoms with van der Waals surface area (Å²) in [5.41, 5.74) is 2.35. The molecule has 5 heteroatoms. The van der Waals surface area contributed by atoms with Gasteiger partial charge in [0, 0.05) is 6.54 Å². The fraction of sp³-hybridized carbons (Fsp3) is 0.500. The summed E-state index contributed by atoms with van der Waals surface area (Å²) in [7, 11) is 1.68. The van der Waals surface area contributed by atoms with Gasteiger partial charge in [-0.1, -0.05) is 25.0 Å². The van der Waals surface area contributed by atoms with Crippen molar-refractivity contribution in [1.29, 1.82) is 0 Å². The van der Waals surface area contributed by atoms with Crippen molar-refractivity contribution in [2.24, 2.45) is 0 Å². The van der Waals surface area contributed by atoms with Crippen LogP contribution in [0.5, 0.6) is 11.5 Å². The molecule has 0 saturated carbocycles. The van der Waals surface area contributed by atoms with E-state index in [0.29, 0.717) is 6.04 Å². The normalized spacial score (nSPS) is 16.2. The maximum atomic E-state index is 5.91. The van der Waals surface area contributed by atoms with Gasteiger partial charge >= 0.3 is 0 Å². The molecule has 1 saturated heterocycles. The minimum absolute atomic E-state index is 0.348. The third-order valence-corrected chi connectivity index (χ3v) is 6.35. The maximum Gasteiger partial charge on any atom is 0.127 e. The molecule has 2 aromatic carbocycles. The molecule has 5 nitrogen and oxygen atoms in total. The molecular weight excluding hydrogens is 386 g/mol. The monoisotopic (exact) mass is 421 g/mol. The molecule has 1 aliphatic rings. The summed E-state index contributed by atoms with van der Waals surface area (Å²) < 4.78 is 13.6. The number of ether oxygens (including phenoxy) is 2. The average molecular weight is 422 g/mol. The van der Waals surface area contributed by atoms with E-state index in [9.17, 15) is 0 Å². The number of fused-ring (bicyclic) bond motifs is 1. The van der Waals surface area contributed by atoms with Gasteiger partial charge in [0.25, 0.3) is 0 Å². The van der Waals surface area contributed by atoms with Gasteiger partial charge in [-0.25, -0.2) is 4.98 Å². The molecule has 1 aliphatic heterocycles. The minimum atomic E-state index is 0.348. The number of hydrogen-bond acceptors (Lipinski definition) is 4. The zero-order valence-corrected chi connectivity index (χ0v) is 18.9. The lowest BCUT2D eigenvalue weighted by atomic mass is 10.2. The van der Waals surface area contributed by atoms with Crippen LogP contribution >= 0.6 is 0 Å². The van der Waals surface area contributed by atoms with Crippen molar-refractivity contribution in [1.82, 2.24) is 14.5 Å². The Bertz CT molecular complexity index is 943. The molecule has 0 bridgehead atoms. The molecule has 0 amide bonds. The first-order valence-electron chi connectivity index (χ1n) is 11.7. The minimum Gasteiger partial charge on any atom is -0.497 e. The van der Waals surface area contributed by atoms with Crippen molar-refractivity contribution in [3.8, 4) is 11.5 Å². The Morgan fingerprint density at radius 2 is 1.61 bits per heavy atom. The second-order valence-electron chi connectivity index (χ2n) is 8.47. The lowest BCUT2D eigenvalue weighted by Crippen LogP contribution is -2.30. The highest BCUT2D eigenvalue weighted by atomic mass is 16.5. The summed E-state index contributed by atoms with van der Waals surface area (Å²) in [4.78, 5) is 7.68. The van der Waals surface area contributed by atoms with Crippen molar-refractivity contribution < 1.29 is 9.47 Å². The number of hydrogen-bond donors (Lipinski definition) is 0. The fourth-order valence-corrected chi connectivity index (χ4v) is 4.53. The van der Waals surface area contributed by atoms with Gasteiger partial charge in [0.1, 0.15) is 17.3 Å². The van der Waals surface area contributed by atoms with Gasteiger partial charge in [-0.3, -0.25) is 4.90 Å². The summed E-state index contributed by atoms with van der Waals surface area (Å²) in [5, 5.41) is 0. The Labute approximate surface area is 186 Å². The summed E-state index contributed by atoms with van der Waals surface area (Å²) in [6.45, 7) is 6.38. The predicted molar refractivity (Wildman–Crippen MR) is 126 cm³/mol. The number of aryl methyl sites for hydroxylation is 1. The molecule has 1 unspecified atom stereocenters. The molecule has 0 aliphatic carbocycles. The molecule has 0 spiro atoms.